The molecule has 0 saturated carbocycles. The van der Waals surface area contributed by atoms with Crippen LogP contribution in [0.25, 0.3) is 0 Å². The Morgan fingerprint density at radius 3 is 1.75 bits per heavy atom. The summed E-state index contributed by atoms with van der Waals surface area (Å²) in [6, 6.07) is 0. The third-order valence-corrected chi connectivity index (χ3v) is 4.06. The first-order valence-electron chi connectivity index (χ1n) is 2.73. The number of nitrogen functional groups attached to an aromatic ring is 1. The molecule has 2 N–H and O–H groups in total. The van der Waals surface area contributed by atoms with Gasteiger partial charge in [-0.05, 0) is 31.9 Å². The third-order valence-electron chi connectivity index (χ3n) is 1.24. The quantitative estimate of drug-likeness (QED) is 0.428. The van der Waals surface area contributed by atoms with Crippen molar-refractivity contribution in [3.63, 3.8) is 0 Å². The number of nitrogens with two attached hydrogens (primary N) is 1. The van der Waals surface area contributed by atoms with Gasteiger partial charge < -0.3 is 5.73 Å². The van der Waals surface area contributed by atoms with Gasteiger partial charge in [-0.3, -0.25) is 0 Å². The largest absolute Gasteiger partial charge is 0.397 e. The van der Waals surface area contributed by atoms with Gasteiger partial charge in [0.05, 0.1) is 24.7 Å². The minimum Gasteiger partial charge on any atom is -0.397 e. The van der Waals surface area contributed by atoms with E-state index in [4.69, 9.17) is 28.9 Å². The molecule has 0 bridgehead atoms. The molecule has 0 aromatic heterocycles. The molecule has 0 radical (unpaired) electrons. The highest BCUT2D eigenvalue weighted by Gasteiger charge is 2.17. The first-order valence-corrected chi connectivity index (χ1v) is 5.08. The second kappa shape index (κ2) is 3.70. The second-order valence-corrected chi connectivity index (χ2v) is 4.33. The molecule has 12 heavy (non-hydrogen) atoms. The predicted octanol–water partition coefficient (Wildman–Crippen LogP) is 4.24. The van der Waals surface area contributed by atoms with Gasteiger partial charge in [0.25, 0.3) is 0 Å². The molecule has 0 aliphatic carbocycles. The molecule has 0 amide bonds. The standard InChI is InChI=1S/C6H2Br2Cl2FN/c7-1-3(9)5(11)4(10)2(8)6(1)12/h12H2. The molecule has 1 aromatic rings. The normalized spacial score (nSPS) is 10.4. The van der Waals surface area contributed by atoms with Crippen LogP contribution < -0.4 is 5.73 Å². The Morgan fingerprint density at radius 1 is 1.08 bits per heavy atom. The van der Waals surface area contributed by atoms with E-state index in [0.717, 1.165) is 0 Å². The highest BCUT2D eigenvalue weighted by atomic mass is 79.9. The number of rotatable bonds is 0. The van der Waals surface area contributed by atoms with E-state index in [1.165, 1.54) is 0 Å². The van der Waals surface area contributed by atoms with E-state index >= 15 is 0 Å². The van der Waals surface area contributed by atoms with E-state index in [9.17, 15) is 4.39 Å². The number of halogens is 5. The van der Waals surface area contributed by atoms with Crippen molar-refractivity contribution in [3.8, 4) is 0 Å². The summed E-state index contributed by atoms with van der Waals surface area (Å²) >= 11 is 17.2. The van der Waals surface area contributed by atoms with Crippen LogP contribution in [0.5, 0.6) is 0 Å². The van der Waals surface area contributed by atoms with Crippen LogP contribution in [-0.2, 0) is 0 Å². The minimum absolute atomic E-state index is 0.110. The third kappa shape index (κ3) is 1.58. The van der Waals surface area contributed by atoms with Gasteiger partial charge >= 0.3 is 0 Å². The molecular weight excluding hydrogens is 336 g/mol. The van der Waals surface area contributed by atoms with Gasteiger partial charge in [-0.15, -0.1) is 0 Å². The maximum absolute atomic E-state index is 13.1. The first-order chi connectivity index (χ1) is 5.46. The maximum Gasteiger partial charge on any atom is 0.162 e. The fourth-order valence-corrected chi connectivity index (χ4v) is 2.07. The van der Waals surface area contributed by atoms with Crippen molar-refractivity contribution < 1.29 is 4.39 Å². The Morgan fingerprint density at radius 2 is 1.42 bits per heavy atom. The Hall–Kier alpha value is 0.490. The fraction of sp³-hybridized carbons (Fsp3) is 0. The number of benzene rings is 1. The van der Waals surface area contributed by atoms with E-state index in [1.54, 1.807) is 0 Å². The van der Waals surface area contributed by atoms with Crippen LogP contribution >= 0.6 is 55.1 Å². The Bertz CT molecular complexity index is 238. The molecular formula is C6H2Br2Cl2FN. The summed E-state index contributed by atoms with van der Waals surface area (Å²) in [7, 11) is 0. The molecule has 0 fully saturated rings. The van der Waals surface area contributed by atoms with Gasteiger partial charge in [-0.2, -0.15) is 0 Å². The van der Waals surface area contributed by atoms with Gasteiger partial charge in [0.15, 0.2) is 5.82 Å². The lowest BCUT2D eigenvalue weighted by atomic mass is 10.3. The Kier molecular flexibility index (Phi) is 3.26. The lowest BCUT2D eigenvalue weighted by Gasteiger charge is -2.07. The van der Waals surface area contributed by atoms with Crippen LogP contribution in [0, 0.1) is 5.82 Å². The fourth-order valence-electron chi connectivity index (χ4n) is 0.622. The molecule has 0 atom stereocenters. The van der Waals surface area contributed by atoms with Crippen molar-refractivity contribution in [2.24, 2.45) is 0 Å². The first kappa shape index (κ1) is 10.6. The zero-order valence-electron chi connectivity index (χ0n) is 5.47. The molecule has 66 valence electrons. The Labute approximate surface area is 95.3 Å². The van der Waals surface area contributed by atoms with Crippen LogP contribution in [0.1, 0.15) is 0 Å². The maximum atomic E-state index is 13.1. The SMILES string of the molecule is Nc1c(Br)c(Cl)c(F)c(Cl)c1Br. The molecule has 0 saturated heterocycles. The summed E-state index contributed by atoms with van der Waals surface area (Å²) in [6.45, 7) is 0. The van der Waals surface area contributed by atoms with Crippen LogP contribution in [-0.4, -0.2) is 0 Å². The predicted molar refractivity (Wildman–Crippen MR) is 56.2 cm³/mol. The van der Waals surface area contributed by atoms with Gasteiger partial charge in [-0.1, -0.05) is 23.2 Å². The lowest BCUT2D eigenvalue weighted by molar-refractivity contribution is 0.627. The number of hydrogen-bond acceptors (Lipinski definition) is 1. The van der Waals surface area contributed by atoms with E-state index in [1.807, 2.05) is 0 Å². The molecule has 1 rings (SSSR count). The second-order valence-electron chi connectivity index (χ2n) is 1.98. The van der Waals surface area contributed by atoms with E-state index < -0.39 is 5.82 Å². The molecule has 0 heterocycles. The molecule has 6 heteroatoms. The average Bonchev–Trinajstić information content (AvgIpc) is 2.08. The summed E-state index contributed by atoms with van der Waals surface area (Å²) in [5.41, 5.74) is 5.81. The lowest BCUT2D eigenvalue weighted by Crippen LogP contribution is -1.93. The van der Waals surface area contributed by atoms with Gasteiger partial charge in [0.2, 0.25) is 0 Å². The number of hydrogen-bond donors (Lipinski definition) is 1. The van der Waals surface area contributed by atoms with Gasteiger partial charge in [-0.25, -0.2) is 4.39 Å². The molecule has 0 aliphatic heterocycles. The summed E-state index contributed by atoms with van der Waals surface area (Å²) in [6.07, 6.45) is 0. The minimum atomic E-state index is -0.689. The van der Waals surface area contributed by atoms with E-state index in [0.29, 0.717) is 8.95 Å². The van der Waals surface area contributed by atoms with E-state index in [-0.39, 0.29) is 15.7 Å². The highest BCUT2D eigenvalue weighted by molar-refractivity contribution is 9.11. The van der Waals surface area contributed by atoms with Crippen LogP contribution in [0.2, 0.25) is 10.0 Å². The zero-order valence-corrected chi connectivity index (χ0v) is 10.2. The smallest absolute Gasteiger partial charge is 0.162 e. The van der Waals surface area contributed by atoms with Crippen molar-refractivity contribution in [1.82, 2.24) is 0 Å². The molecule has 1 aromatic carbocycles. The molecule has 0 aliphatic rings. The van der Waals surface area contributed by atoms with Crippen LogP contribution in [0.4, 0.5) is 10.1 Å². The average molecular weight is 338 g/mol. The van der Waals surface area contributed by atoms with Crippen molar-refractivity contribution in [2.75, 3.05) is 5.73 Å². The number of anilines is 1. The zero-order chi connectivity index (χ0) is 9.46. The van der Waals surface area contributed by atoms with Gasteiger partial charge in [0.1, 0.15) is 0 Å². The van der Waals surface area contributed by atoms with E-state index in [2.05, 4.69) is 31.9 Å². The summed E-state index contributed by atoms with van der Waals surface area (Å²) in [5, 5.41) is -0.221. The molecule has 0 unspecified atom stereocenters. The monoisotopic (exact) mass is 335 g/mol. The van der Waals surface area contributed by atoms with Crippen LogP contribution in [0.3, 0.4) is 0 Å². The van der Waals surface area contributed by atoms with Crippen LogP contribution in [0.15, 0.2) is 8.95 Å². The molecule has 1 nitrogen and oxygen atoms in total. The Balaban J connectivity index is 3.60. The summed E-state index contributed by atoms with van der Waals surface area (Å²) in [4.78, 5) is 0. The van der Waals surface area contributed by atoms with Crippen molar-refractivity contribution >= 4 is 60.7 Å². The van der Waals surface area contributed by atoms with Crippen molar-refractivity contribution in [3.05, 3.63) is 24.8 Å². The van der Waals surface area contributed by atoms with Crippen molar-refractivity contribution in [2.45, 2.75) is 0 Å². The highest BCUT2D eigenvalue weighted by Crippen LogP contribution is 2.41. The topological polar surface area (TPSA) is 26.0 Å². The molecule has 0 spiro atoms. The van der Waals surface area contributed by atoms with Crippen molar-refractivity contribution in [1.29, 1.82) is 0 Å². The summed E-state index contributed by atoms with van der Waals surface area (Å²) in [5.74, 6) is -0.689. The van der Waals surface area contributed by atoms with Gasteiger partial charge in [0, 0.05) is 0 Å². The summed E-state index contributed by atoms with van der Waals surface area (Å²) < 4.78 is 13.7.